The van der Waals surface area contributed by atoms with Gasteiger partial charge in [-0.3, -0.25) is 14.4 Å². The predicted molar refractivity (Wildman–Crippen MR) is 147 cm³/mol. The van der Waals surface area contributed by atoms with Gasteiger partial charge < -0.3 is 30.0 Å². The Kier molecular flexibility index (Phi) is 10.8. The van der Waals surface area contributed by atoms with Crippen LogP contribution in [0.25, 0.3) is 11.3 Å². The Morgan fingerprint density at radius 2 is 1.78 bits per heavy atom. The van der Waals surface area contributed by atoms with Crippen molar-refractivity contribution in [3.63, 3.8) is 0 Å². The largest absolute Gasteiger partial charge is 0.527 e. The summed E-state index contributed by atoms with van der Waals surface area (Å²) in [5, 5.41) is 23.3. The van der Waals surface area contributed by atoms with E-state index < -0.39 is 35.6 Å². The Hall–Kier alpha value is -4.47. The molecule has 3 rings (SSSR count). The van der Waals surface area contributed by atoms with Gasteiger partial charge >= 0.3 is 12.1 Å². The molecule has 2 aromatic rings. The van der Waals surface area contributed by atoms with E-state index in [1.54, 1.807) is 13.0 Å². The third-order valence-corrected chi connectivity index (χ3v) is 5.91. The molecule has 1 aromatic carbocycles. The Labute approximate surface area is 238 Å². The number of aromatic nitrogens is 1. The topological polar surface area (TPSA) is 159 Å². The second kappa shape index (κ2) is 14.2. The van der Waals surface area contributed by atoms with Crippen molar-refractivity contribution in [3.05, 3.63) is 53.7 Å². The second-order valence-corrected chi connectivity index (χ2v) is 9.79. The Morgan fingerprint density at radius 3 is 2.39 bits per heavy atom. The number of nitrogens with zero attached hydrogens (tertiary/aromatic N) is 3. The number of carbonyl (C=O) groups is 4. The van der Waals surface area contributed by atoms with Crippen LogP contribution in [0.5, 0.6) is 0 Å². The van der Waals surface area contributed by atoms with Gasteiger partial charge in [-0.25, -0.2) is 9.78 Å². The monoisotopic (exact) mass is 566 g/mol. The van der Waals surface area contributed by atoms with Crippen molar-refractivity contribution in [3.8, 4) is 23.1 Å². The average Bonchev–Trinajstić information content (AvgIpc) is 2.94. The minimum atomic E-state index is -1.27. The van der Waals surface area contributed by atoms with Crippen LogP contribution in [0, 0.1) is 11.8 Å². The molecule has 1 aliphatic heterocycles. The van der Waals surface area contributed by atoms with Crippen LogP contribution < -0.4 is 5.32 Å². The van der Waals surface area contributed by atoms with Crippen LogP contribution in [-0.4, -0.2) is 93.5 Å². The zero-order valence-electron chi connectivity index (χ0n) is 23.3. The fourth-order valence-electron chi connectivity index (χ4n) is 3.93. The number of piperazine rings is 1. The van der Waals surface area contributed by atoms with Crippen LogP contribution in [-0.2, 0) is 19.2 Å². The van der Waals surface area contributed by atoms with Crippen molar-refractivity contribution < 1.29 is 39.0 Å². The fraction of sp³-hybridized carbons (Fsp3) is 0.414. The molecule has 1 aromatic heterocycles. The van der Waals surface area contributed by atoms with E-state index in [4.69, 9.17) is 9.57 Å². The minimum absolute atomic E-state index is 0.0211. The highest BCUT2D eigenvalue weighted by Crippen LogP contribution is 2.19. The number of aliphatic carboxylic acids is 1. The van der Waals surface area contributed by atoms with Crippen LogP contribution in [0.1, 0.15) is 49.7 Å². The van der Waals surface area contributed by atoms with E-state index in [0.717, 1.165) is 5.56 Å². The summed E-state index contributed by atoms with van der Waals surface area (Å²) in [4.78, 5) is 60.7. The number of amides is 2. The van der Waals surface area contributed by atoms with Gasteiger partial charge in [0.1, 0.15) is 17.3 Å². The number of aliphatic hydroxyl groups is 1. The molecule has 2 amide bonds. The molecule has 0 aliphatic carbocycles. The smallest absolute Gasteiger partial charge is 0.481 e. The molecule has 0 unspecified atom stereocenters. The molecule has 218 valence electrons. The number of hydrogen-bond acceptors (Lipinski definition) is 9. The highest BCUT2D eigenvalue weighted by atomic mass is 16.8. The number of benzene rings is 1. The molecular weight excluding hydrogens is 532 g/mol. The Balaban J connectivity index is 1.81. The molecule has 3 N–H and O–H groups in total. The molecule has 1 fully saturated rings. The normalized spacial score (nSPS) is 14.3. The highest BCUT2D eigenvalue weighted by Gasteiger charge is 2.31. The minimum Gasteiger partial charge on any atom is -0.481 e. The second-order valence-electron chi connectivity index (χ2n) is 9.79. The average molecular weight is 567 g/mol. The molecule has 41 heavy (non-hydrogen) atoms. The van der Waals surface area contributed by atoms with Crippen molar-refractivity contribution >= 4 is 23.9 Å². The van der Waals surface area contributed by atoms with E-state index in [1.165, 1.54) is 29.9 Å². The first-order chi connectivity index (χ1) is 19.4. The highest BCUT2D eigenvalue weighted by molar-refractivity contribution is 5.97. The van der Waals surface area contributed by atoms with E-state index in [0.29, 0.717) is 11.3 Å². The zero-order valence-corrected chi connectivity index (χ0v) is 23.3. The summed E-state index contributed by atoms with van der Waals surface area (Å²) in [5.41, 5.74) is 0.335. The van der Waals surface area contributed by atoms with Gasteiger partial charge in [-0.1, -0.05) is 42.2 Å². The molecule has 1 saturated heterocycles. The van der Waals surface area contributed by atoms with Crippen molar-refractivity contribution in [2.24, 2.45) is 0 Å². The third kappa shape index (κ3) is 9.90. The van der Waals surface area contributed by atoms with Crippen LogP contribution >= 0.6 is 0 Å². The summed E-state index contributed by atoms with van der Waals surface area (Å²) in [5.74, 6) is 3.33. The van der Waals surface area contributed by atoms with Gasteiger partial charge in [-0.15, -0.1) is 5.06 Å². The van der Waals surface area contributed by atoms with Gasteiger partial charge in [0.05, 0.1) is 25.4 Å². The summed E-state index contributed by atoms with van der Waals surface area (Å²) in [6.07, 6.45) is -1.32. The quantitative estimate of drug-likeness (QED) is 0.303. The molecule has 1 aliphatic rings. The number of pyridine rings is 1. The standard InChI is InChI=1S/C29H34N4O8/c1-4-40-28(38)41-33-16-14-32(15-17-33)27(37)22(10-11-25(34)35)31-26(36)24-19-20(12-13-29(2,3)39)18-23(30-24)21-8-6-5-7-9-21/h5-9,18-19,22,39H,4,10-11,14-17H2,1-3H3,(H,31,36)(H,34,35)/t22-/m0/s1. The molecule has 0 bridgehead atoms. The summed E-state index contributed by atoms with van der Waals surface area (Å²) in [7, 11) is 0. The van der Waals surface area contributed by atoms with Gasteiger partial charge in [0, 0.05) is 30.6 Å². The van der Waals surface area contributed by atoms with Crippen molar-refractivity contribution in [1.29, 1.82) is 0 Å². The van der Waals surface area contributed by atoms with Crippen molar-refractivity contribution in [2.45, 2.75) is 45.3 Å². The van der Waals surface area contributed by atoms with Gasteiger partial charge in [-0.2, -0.15) is 0 Å². The summed E-state index contributed by atoms with van der Waals surface area (Å²) in [6, 6.07) is 11.1. The molecule has 2 heterocycles. The number of nitrogens with one attached hydrogen (secondary N) is 1. The molecule has 12 heteroatoms. The van der Waals surface area contributed by atoms with Gasteiger partial charge in [0.15, 0.2) is 0 Å². The van der Waals surface area contributed by atoms with Crippen LogP contribution in [0.15, 0.2) is 42.5 Å². The van der Waals surface area contributed by atoms with Crippen LogP contribution in [0.4, 0.5) is 4.79 Å². The Morgan fingerprint density at radius 1 is 1.10 bits per heavy atom. The SMILES string of the molecule is CCOC(=O)ON1CCN(C(=O)[C@H](CCC(=O)O)NC(=O)c2cc(C#CC(C)(C)O)cc(-c3ccccc3)n2)CC1. The number of carboxylic acid groups (broad SMARTS) is 1. The van der Waals surface area contributed by atoms with Gasteiger partial charge in [0.2, 0.25) is 5.91 Å². The first-order valence-electron chi connectivity index (χ1n) is 13.2. The molecule has 1 atom stereocenters. The molecule has 0 saturated carbocycles. The van der Waals surface area contributed by atoms with E-state index in [1.807, 2.05) is 30.3 Å². The molecule has 0 spiro atoms. The number of carboxylic acids is 1. The summed E-state index contributed by atoms with van der Waals surface area (Å²) >= 11 is 0. The van der Waals surface area contributed by atoms with Gasteiger partial charge in [-0.05, 0) is 39.3 Å². The lowest BCUT2D eigenvalue weighted by Crippen LogP contribution is -2.55. The zero-order chi connectivity index (χ0) is 30.0. The first-order valence-corrected chi connectivity index (χ1v) is 13.2. The van der Waals surface area contributed by atoms with Crippen LogP contribution in [0.3, 0.4) is 0 Å². The van der Waals surface area contributed by atoms with Crippen LogP contribution in [0.2, 0.25) is 0 Å². The maximum Gasteiger partial charge on any atom is 0.527 e. The lowest BCUT2D eigenvalue weighted by molar-refractivity contribution is -0.157. The number of hydroxylamine groups is 2. The predicted octanol–water partition coefficient (Wildman–Crippen LogP) is 2.07. The lowest BCUT2D eigenvalue weighted by Gasteiger charge is -2.35. The number of hydrogen-bond donors (Lipinski definition) is 3. The van der Waals surface area contributed by atoms with Crippen molar-refractivity contribution in [1.82, 2.24) is 20.3 Å². The number of ether oxygens (including phenoxy) is 1. The Bertz CT molecular complexity index is 1310. The molecular formula is C29H34N4O8. The molecule has 12 nitrogen and oxygen atoms in total. The van der Waals surface area contributed by atoms with Crippen molar-refractivity contribution in [2.75, 3.05) is 32.8 Å². The van der Waals surface area contributed by atoms with Gasteiger partial charge in [0.25, 0.3) is 5.91 Å². The van der Waals surface area contributed by atoms with E-state index in [9.17, 15) is 29.4 Å². The summed E-state index contributed by atoms with van der Waals surface area (Å²) in [6.45, 7) is 5.71. The lowest BCUT2D eigenvalue weighted by atomic mass is 10.1. The fourth-order valence-corrected chi connectivity index (χ4v) is 3.93. The maximum atomic E-state index is 13.4. The maximum absolute atomic E-state index is 13.4. The van der Waals surface area contributed by atoms with E-state index >= 15 is 0 Å². The van der Waals surface area contributed by atoms with E-state index in [2.05, 4.69) is 22.1 Å². The number of carbonyl (C=O) groups excluding carboxylic acids is 3. The third-order valence-electron chi connectivity index (χ3n) is 5.91. The summed E-state index contributed by atoms with van der Waals surface area (Å²) < 4.78 is 4.76. The number of rotatable bonds is 9. The first kappa shape index (κ1) is 31.1. The molecule has 0 radical (unpaired) electrons. The van der Waals surface area contributed by atoms with E-state index in [-0.39, 0.29) is 51.3 Å².